The highest BCUT2D eigenvalue weighted by Crippen LogP contribution is 2.34. The normalized spacial score (nSPS) is 20.1. The van der Waals surface area contributed by atoms with Crippen molar-refractivity contribution in [2.24, 2.45) is 5.41 Å². The molecular formula is C21H27N3O2. The second-order valence-electron chi connectivity index (χ2n) is 7.26. The molecule has 0 bridgehead atoms. The molecule has 0 spiro atoms. The molecule has 3 rings (SSSR count). The summed E-state index contributed by atoms with van der Waals surface area (Å²) in [6.07, 6.45) is 9.82. The average Bonchev–Trinajstić information content (AvgIpc) is 2.72. The largest absolute Gasteiger partial charge is 0.396 e. The first-order valence-corrected chi connectivity index (χ1v) is 9.38. The summed E-state index contributed by atoms with van der Waals surface area (Å²) in [5.74, 6) is 0.146. The Hall–Kier alpha value is -2.27. The van der Waals surface area contributed by atoms with E-state index in [1.807, 2.05) is 23.1 Å². The number of carbonyl (C=O) groups excluding carboxylic acids is 1. The molecule has 1 aliphatic heterocycles. The summed E-state index contributed by atoms with van der Waals surface area (Å²) in [4.78, 5) is 22.9. The highest BCUT2D eigenvalue weighted by molar-refractivity contribution is 5.76. The van der Waals surface area contributed by atoms with E-state index in [0.717, 1.165) is 37.9 Å². The van der Waals surface area contributed by atoms with E-state index in [0.29, 0.717) is 19.4 Å². The van der Waals surface area contributed by atoms with Gasteiger partial charge in [-0.3, -0.25) is 14.8 Å². The van der Waals surface area contributed by atoms with Crippen LogP contribution in [0.1, 0.15) is 36.9 Å². The number of benzene rings is 1. The van der Waals surface area contributed by atoms with Crippen molar-refractivity contribution in [3.8, 4) is 0 Å². The first kappa shape index (κ1) is 18.5. The lowest BCUT2D eigenvalue weighted by Crippen LogP contribution is -2.48. The first-order chi connectivity index (χ1) is 12.7. The zero-order chi connectivity index (χ0) is 18.2. The highest BCUT2D eigenvalue weighted by Gasteiger charge is 2.36. The van der Waals surface area contributed by atoms with Gasteiger partial charge in [0.1, 0.15) is 0 Å². The van der Waals surface area contributed by atoms with E-state index < -0.39 is 0 Å². The molecule has 2 aromatic rings. The predicted molar refractivity (Wildman–Crippen MR) is 100 cm³/mol. The Bertz CT molecular complexity index is 693. The molecule has 1 fully saturated rings. The molecule has 138 valence electrons. The van der Waals surface area contributed by atoms with Crippen LogP contribution in [0.2, 0.25) is 0 Å². The summed E-state index contributed by atoms with van der Waals surface area (Å²) in [6.45, 7) is 1.57. The number of rotatable bonds is 7. The molecule has 1 amide bonds. The third-order valence-corrected chi connectivity index (χ3v) is 5.35. The quantitative estimate of drug-likeness (QED) is 0.831. The molecule has 0 aliphatic carbocycles. The minimum atomic E-state index is -0.184. The third kappa shape index (κ3) is 4.88. The van der Waals surface area contributed by atoms with Crippen LogP contribution in [0.4, 0.5) is 0 Å². The van der Waals surface area contributed by atoms with Gasteiger partial charge in [0, 0.05) is 43.5 Å². The van der Waals surface area contributed by atoms with Gasteiger partial charge in [-0.25, -0.2) is 0 Å². The zero-order valence-corrected chi connectivity index (χ0v) is 15.2. The van der Waals surface area contributed by atoms with Crippen molar-refractivity contribution in [1.29, 1.82) is 0 Å². The molecule has 1 aliphatic rings. The van der Waals surface area contributed by atoms with Crippen molar-refractivity contribution in [2.45, 2.75) is 38.5 Å². The number of aliphatic hydroxyl groups excluding tert-OH is 1. The average molecular weight is 353 g/mol. The van der Waals surface area contributed by atoms with Crippen LogP contribution in [0.3, 0.4) is 0 Å². The monoisotopic (exact) mass is 353 g/mol. The maximum Gasteiger partial charge on any atom is 0.222 e. The van der Waals surface area contributed by atoms with Crippen LogP contribution in [0.15, 0.2) is 48.9 Å². The Labute approximate surface area is 155 Å². The molecule has 26 heavy (non-hydrogen) atoms. The number of piperidine rings is 1. The van der Waals surface area contributed by atoms with Gasteiger partial charge in [-0.1, -0.05) is 30.3 Å². The fraction of sp³-hybridized carbons (Fsp3) is 0.476. The van der Waals surface area contributed by atoms with Gasteiger partial charge in [0.2, 0.25) is 5.91 Å². The van der Waals surface area contributed by atoms with Gasteiger partial charge < -0.3 is 10.0 Å². The topological polar surface area (TPSA) is 66.3 Å². The van der Waals surface area contributed by atoms with E-state index in [9.17, 15) is 9.90 Å². The maximum atomic E-state index is 12.6. The van der Waals surface area contributed by atoms with E-state index in [1.54, 1.807) is 18.6 Å². The Balaban J connectivity index is 1.56. The predicted octanol–water partition coefficient (Wildman–Crippen LogP) is 2.64. The lowest BCUT2D eigenvalue weighted by Gasteiger charge is -2.42. The van der Waals surface area contributed by atoms with Crippen LogP contribution in [-0.2, 0) is 17.6 Å². The molecule has 5 nitrogen and oxygen atoms in total. The lowest BCUT2D eigenvalue weighted by atomic mass is 9.76. The van der Waals surface area contributed by atoms with Crippen molar-refractivity contribution >= 4 is 5.91 Å². The number of hydrogen-bond donors (Lipinski definition) is 1. The van der Waals surface area contributed by atoms with Crippen molar-refractivity contribution in [3.63, 3.8) is 0 Å². The third-order valence-electron chi connectivity index (χ3n) is 5.35. The molecule has 1 saturated heterocycles. The number of likely N-dealkylation sites (tertiary alicyclic amines) is 1. The summed E-state index contributed by atoms with van der Waals surface area (Å²) < 4.78 is 0. The second kappa shape index (κ2) is 8.90. The van der Waals surface area contributed by atoms with Crippen LogP contribution in [0, 0.1) is 5.41 Å². The zero-order valence-electron chi connectivity index (χ0n) is 15.2. The number of aliphatic hydroxyl groups is 1. The number of aromatic nitrogens is 2. The summed E-state index contributed by atoms with van der Waals surface area (Å²) in [6, 6.07) is 10.4. The number of hydrogen-bond acceptors (Lipinski definition) is 4. The summed E-state index contributed by atoms with van der Waals surface area (Å²) in [5, 5.41) is 10.1. The van der Waals surface area contributed by atoms with Crippen LogP contribution in [-0.4, -0.2) is 45.6 Å². The first-order valence-electron chi connectivity index (χ1n) is 9.38. The molecule has 5 heteroatoms. The molecule has 0 radical (unpaired) electrons. The molecule has 1 N–H and O–H groups in total. The summed E-state index contributed by atoms with van der Waals surface area (Å²) >= 11 is 0. The Morgan fingerprint density at radius 3 is 2.77 bits per heavy atom. The molecule has 0 saturated carbocycles. The number of carbonyl (C=O) groups is 1. The van der Waals surface area contributed by atoms with Gasteiger partial charge in [0.05, 0.1) is 12.3 Å². The molecule has 2 heterocycles. The Morgan fingerprint density at radius 1 is 1.19 bits per heavy atom. The summed E-state index contributed by atoms with van der Waals surface area (Å²) in [5.41, 5.74) is 1.94. The highest BCUT2D eigenvalue weighted by atomic mass is 16.3. The minimum absolute atomic E-state index is 0.133. The minimum Gasteiger partial charge on any atom is -0.396 e. The van der Waals surface area contributed by atoms with Gasteiger partial charge in [-0.2, -0.15) is 0 Å². The maximum absolute atomic E-state index is 12.6. The van der Waals surface area contributed by atoms with Crippen molar-refractivity contribution < 1.29 is 9.90 Å². The van der Waals surface area contributed by atoms with E-state index in [2.05, 4.69) is 22.1 Å². The van der Waals surface area contributed by atoms with Crippen LogP contribution >= 0.6 is 0 Å². The van der Waals surface area contributed by atoms with Crippen molar-refractivity contribution in [2.75, 3.05) is 19.7 Å². The number of amides is 1. The summed E-state index contributed by atoms with van der Waals surface area (Å²) in [7, 11) is 0. The Morgan fingerprint density at radius 2 is 2.04 bits per heavy atom. The van der Waals surface area contributed by atoms with Crippen LogP contribution < -0.4 is 0 Å². The van der Waals surface area contributed by atoms with E-state index >= 15 is 0 Å². The van der Waals surface area contributed by atoms with Gasteiger partial charge >= 0.3 is 0 Å². The van der Waals surface area contributed by atoms with Crippen LogP contribution in [0.25, 0.3) is 0 Å². The molecule has 1 atom stereocenters. The van der Waals surface area contributed by atoms with Gasteiger partial charge in [0.25, 0.3) is 0 Å². The fourth-order valence-corrected chi connectivity index (χ4v) is 3.74. The number of aryl methyl sites for hydroxylation is 2. The van der Waals surface area contributed by atoms with E-state index in [-0.39, 0.29) is 17.9 Å². The molecule has 1 aromatic carbocycles. The SMILES string of the molecule is O=C(CCc1cnccn1)N1CCC[C@](CO)(CCc2ccccc2)C1. The van der Waals surface area contributed by atoms with E-state index in [4.69, 9.17) is 0 Å². The molecule has 1 aromatic heterocycles. The Kier molecular flexibility index (Phi) is 6.34. The van der Waals surface area contributed by atoms with Gasteiger partial charge in [-0.15, -0.1) is 0 Å². The number of nitrogens with zero attached hydrogens (tertiary/aromatic N) is 3. The fourth-order valence-electron chi connectivity index (χ4n) is 3.74. The molecule has 0 unspecified atom stereocenters. The van der Waals surface area contributed by atoms with Gasteiger partial charge in [0.15, 0.2) is 0 Å². The van der Waals surface area contributed by atoms with Crippen LogP contribution in [0.5, 0.6) is 0 Å². The standard InChI is InChI=1S/C21H27N3O2/c25-17-21(11-9-18-5-2-1-3-6-18)10-4-14-24(16-21)20(26)8-7-19-15-22-12-13-23-19/h1-3,5-6,12-13,15,25H,4,7-11,14,16-17H2/t21-/m0/s1. The second-order valence-corrected chi connectivity index (χ2v) is 7.26. The smallest absolute Gasteiger partial charge is 0.222 e. The van der Waals surface area contributed by atoms with Crippen molar-refractivity contribution in [3.05, 3.63) is 60.2 Å². The molecular weight excluding hydrogens is 326 g/mol. The van der Waals surface area contributed by atoms with Gasteiger partial charge in [-0.05, 0) is 37.7 Å². The lowest BCUT2D eigenvalue weighted by molar-refractivity contribution is -0.135. The van der Waals surface area contributed by atoms with Crippen molar-refractivity contribution in [1.82, 2.24) is 14.9 Å². The van der Waals surface area contributed by atoms with E-state index in [1.165, 1.54) is 5.56 Å².